The van der Waals surface area contributed by atoms with Gasteiger partial charge in [0.25, 0.3) is 0 Å². The van der Waals surface area contributed by atoms with E-state index in [1.54, 1.807) is 24.3 Å². The van der Waals surface area contributed by atoms with Crippen molar-refractivity contribution < 1.29 is 21.9 Å². The summed E-state index contributed by atoms with van der Waals surface area (Å²) in [7, 11) is -7.42. The minimum Gasteiger partial charge on any atom is -0.392 e. The summed E-state index contributed by atoms with van der Waals surface area (Å²) in [6.07, 6.45) is 0.863. The van der Waals surface area contributed by atoms with Crippen LogP contribution in [0, 0.1) is 0 Å². The third-order valence-electron chi connectivity index (χ3n) is 2.07. The van der Waals surface area contributed by atoms with Crippen LogP contribution in [0.4, 0.5) is 0 Å². The van der Waals surface area contributed by atoms with Crippen LogP contribution in [0.5, 0.6) is 0 Å². The maximum absolute atomic E-state index is 11.4. The summed E-state index contributed by atoms with van der Waals surface area (Å²) in [5, 5.41) is 7.92. The molecule has 2 N–H and O–H groups in total. The van der Waals surface area contributed by atoms with E-state index in [-0.39, 0.29) is 13.2 Å². The molecular weight excluding hydrogens is 278 g/mol. The quantitative estimate of drug-likeness (QED) is 0.743. The molecule has 0 aliphatic carbocycles. The molecule has 0 amide bonds. The standard InChI is InChI=1S/C10H15NO5S2/c1-17(13,14)8-18(15,16)11-6-9-2-4-10(7-12)5-3-9/h2-5,11-12H,6-8H2,1H3. The van der Waals surface area contributed by atoms with Gasteiger partial charge in [-0.05, 0) is 11.1 Å². The molecule has 102 valence electrons. The minimum absolute atomic E-state index is 0.0174. The van der Waals surface area contributed by atoms with Crippen molar-refractivity contribution in [2.24, 2.45) is 0 Å². The lowest BCUT2D eigenvalue weighted by molar-refractivity contribution is 0.282. The molecule has 8 heteroatoms. The van der Waals surface area contributed by atoms with Crippen molar-refractivity contribution in [1.29, 1.82) is 0 Å². The second-order valence-electron chi connectivity index (χ2n) is 3.95. The molecule has 1 aromatic carbocycles. The van der Waals surface area contributed by atoms with Gasteiger partial charge < -0.3 is 5.11 Å². The van der Waals surface area contributed by atoms with Gasteiger partial charge in [0, 0.05) is 12.8 Å². The van der Waals surface area contributed by atoms with Gasteiger partial charge in [-0.25, -0.2) is 21.6 Å². The Kier molecular flexibility index (Phi) is 4.85. The number of sulfone groups is 1. The van der Waals surface area contributed by atoms with Crippen LogP contribution in [0.1, 0.15) is 11.1 Å². The average Bonchev–Trinajstić information content (AvgIpc) is 2.24. The highest BCUT2D eigenvalue weighted by molar-refractivity contribution is 8.06. The summed E-state index contributed by atoms with van der Waals surface area (Å²) in [6.45, 7) is -0.0658. The van der Waals surface area contributed by atoms with Gasteiger partial charge in [-0.15, -0.1) is 0 Å². The lowest BCUT2D eigenvalue weighted by Gasteiger charge is -2.06. The van der Waals surface area contributed by atoms with Crippen LogP contribution in [0.2, 0.25) is 0 Å². The molecule has 0 saturated heterocycles. The Hall–Kier alpha value is -0.960. The van der Waals surface area contributed by atoms with Gasteiger partial charge in [0.05, 0.1) is 6.61 Å². The molecule has 1 aromatic rings. The SMILES string of the molecule is CS(=O)(=O)CS(=O)(=O)NCc1ccc(CO)cc1. The van der Waals surface area contributed by atoms with Crippen molar-refractivity contribution in [3.8, 4) is 0 Å². The van der Waals surface area contributed by atoms with E-state index in [4.69, 9.17) is 5.11 Å². The number of rotatable bonds is 6. The molecule has 6 nitrogen and oxygen atoms in total. The predicted molar refractivity (Wildman–Crippen MR) is 67.8 cm³/mol. The summed E-state index contributed by atoms with van der Waals surface area (Å²) < 4.78 is 46.8. The van der Waals surface area contributed by atoms with Gasteiger partial charge in [-0.3, -0.25) is 0 Å². The second kappa shape index (κ2) is 5.79. The zero-order valence-electron chi connectivity index (χ0n) is 9.83. The highest BCUT2D eigenvalue weighted by Crippen LogP contribution is 2.05. The fourth-order valence-electron chi connectivity index (χ4n) is 1.28. The third kappa shape index (κ3) is 5.58. The average molecular weight is 293 g/mol. The normalized spacial score (nSPS) is 12.6. The largest absolute Gasteiger partial charge is 0.392 e. The van der Waals surface area contributed by atoms with Gasteiger partial charge in [-0.2, -0.15) is 0 Å². The van der Waals surface area contributed by atoms with E-state index in [1.807, 2.05) is 0 Å². The predicted octanol–water partition coefficient (Wildman–Crippen LogP) is -0.400. The minimum atomic E-state index is -3.84. The highest BCUT2D eigenvalue weighted by atomic mass is 32.3. The summed E-state index contributed by atoms with van der Waals surface area (Å²) in [5.41, 5.74) is 1.40. The van der Waals surface area contributed by atoms with Gasteiger partial charge in [-0.1, -0.05) is 24.3 Å². The van der Waals surface area contributed by atoms with Crippen molar-refractivity contribution in [2.45, 2.75) is 13.2 Å². The molecular formula is C10H15NO5S2. The molecule has 0 saturated carbocycles. The van der Waals surface area contributed by atoms with E-state index in [0.717, 1.165) is 11.8 Å². The van der Waals surface area contributed by atoms with Gasteiger partial charge in [0.1, 0.15) is 0 Å². The molecule has 0 unspecified atom stereocenters. The van der Waals surface area contributed by atoms with Crippen molar-refractivity contribution in [2.75, 3.05) is 11.3 Å². The molecule has 0 heterocycles. The van der Waals surface area contributed by atoms with E-state index in [9.17, 15) is 16.8 Å². The van der Waals surface area contributed by atoms with Crippen molar-refractivity contribution >= 4 is 19.9 Å². The van der Waals surface area contributed by atoms with Gasteiger partial charge in [0.2, 0.25) is 10.0 Å². The number of hydrogen-bond acceptors (Lipinski definition) is 5. The molecule has 0 atom stereocenters. The Morgan fingerprint density at radius 2 is 1.56 bits per heavy atom. The van der Waals surface area contributed by atoms with Crippen molar-refractivity contribution in [3.63, 3.8) is 0 Å². The summed E-state index contributed by atoms with van der Waals surface area (Å²) in [5.74, 6) is 0. The number of sulfonamides is 1. The molecule has 1 rings (SSSR count). The van der Waals surface area contributed by atoms with E-state index < -0.39 is 24.9 Å². The number of nitrogens with one attached hydrogen (secondary N) is 1. The van der Waals surface area contributed by atoms with Crippen LogP contribution in [0.3, 0.4) is 0 Å². The molecule has 0 aromatic heterocycles. The molecule has 18 heavy (non-hydrogen) atoms. The Bertz CT molecular complexity index is 590. The summed E-state index contributed by atoms with van der Waals surface area (Å²) in [4.78, 5) is 0. The molecule has 0 fully saturated rings. The topological polar surface area (TPSA) is 101 Å². The fraction of sp³-hybridized carbons (Fsp3) is 0.400. The fourth-order valence-corrected chi connectivity index (χ4v) is 4.25. The van der Waals surface area contributed by atoms with Crippen LogP contribution in [-0.2, 0) is 33.0 Å². The zero-order chi connectivity index (χ0) is 13.8. The van der Waals surface area contributed by atoms with Crippen LogP contribution in [0.25, 0.3) is 0 Å². The third-order valence-corrected chi connectivity index (χ3v) is 5.61. The first-order valence-electron chi connectivity index (χ1n) is 5.05. The maximum Gasteiger partial charge on any atom is 0.226 e. The molecule has 0 bridgehead atoms. The van der Waals surface area contributed by atoms with Crippen molar-refractivity contribution in [3.05, 3.63) is 35.4 Å². The van der Waals surface area contributed by atoms with E-state index in [2.05, 4.69) is 4.72 Å². The summed E-state index contributed by atoms with van der Waals surface area (Å²) >= 11 is 0. The molecule has 0 aliphatic rings. The zero-order valence-corrected chi connectivity index (χ0v) is 11.5. The van der Waals surface area contributed by atoms with E-state index in [0.29, 0.717) is 5.56 Å². The Morgan fingerprint density at radius 3 is 2.00 bits per heavy atom. The van der Waals surface area contributed by atoms with Crippen molar-refractivity contribution in [1.82, 2.24) is 4.72 Å². The van der Waals surface area contributed by atoms with E-state index in [1.165, 1.54) is 0 Å². The Labute approximate surface area is 107 Å². The first-order valence-corrected chi connectivity index (χ1v) is 8.77. The number of aliphatic hydroxyl groups is 1. The number of aliphatic hydroxyl groups excluding tert-OH is 1. The second-order valence-corrected chi connectivity index (χ2v) is 8.27. The first kappa shape index (κ1) is 15.1. The van der Waals surface area contributed by atoms with Crippen LogP contribution in [0.15, 0.2) is 24.3 Å². The van der Waals surface area contributed by atoms with E-state index >= 15 is 0 Å². The number of hydrogen-bond donors (Lipinski definition) is 2. The molecule has 0 aliphatic heterocycles. The Morgan fingerprint density at radius 1 is 1.06 bits per heavy atom. The van der Waals surface area contributed by atoms with Crippen LogP contribution < -0.4 is 4.72 Å². The lowest BCUT2D eigenvalue weighted by Crippen LogP contribution is -2.29. The van der Waals surface area contributed by atoms with Gasteiger partial charge >= 0.3 is 0 Å². The first-order chi connectivity index (χ1) is 8.22. The number of benzene rings is 1. The van der Waals surface area contributed by atoms with Gasteiger partial charge in [0.15, 0.2) is 14.9 Å². The highest BCUT2D eigenvalue weighted by Gasteiger charge is 2.17. The van der Waals surface area contributed by atoms with Crippen LogP contribution in [-0.4, -0.2) is 33.3 Å². The molecule has 0 radical (unpaired) electrons. The maximum atomic E-state index is 11.4. The molecule has 0 spiro atoms. The Balaban J connectivity index is 2.64. The van der Waals surface area contributed by atoms with Crippen LogP contribution >= 0.6 is 0 Å². The smallest absolute Gasteiger partial charge is 0.226 e. The summed E-state index contributed by atoms with van der Waals surface area (Å²) in [6, 6.07) is 6.66. The monoisotopic (exact) mass is 293 g/mol. The lowest BCUT2D eigenvalue weighted by atomic mass is 10.1.